The number of hydrogen-bond donors (Lipinski definition) is 1. The predicted octanol–water partition coefficient (Wildman–Crippen LogP) is 1.90. The molecule has 0 radical (unpaired) electrons. The largest absolute Gasteiger partial charge is 0.388 e. The molecule has 1 aliphatic rings. The van der Waals surface area contributed by atoms with E-state index in [4.69, 9.17) is 4.74 Å². The molecule has 1 heterocycles. The van der Waals surface area contributed by atoms with E-state index in [-0.39, 0.29) is 12.0 Å². The Hall–Kier alpha value is -1.55. The molecule has 1 atom stereocenters. The highest BCUT2D eigenvalue weighted by Gasteiger charge is 2.23. The van der Waals surface area contributed by atoms with Crippen LogP contribution in [-0.4, -0.2) is 43.7 Å². The number of anilines is 1. The summed E-state index contributed by atoms with van der Waals surface area (Å²) < 4.78 is 5.46. The molecule has 1 saturated heterocycles. The van der Waals surface area contributed by atoms with Crippen molar-refractivity contribution in [1.29, 1.82) is 0 Å². The summed E-state index contributed by atoms with van der Waals surface area (Å²) in [6.45, 7) is 5.94. The van der Waals surface area contributed by atoms with Crippen LogP contribution in [0.3, 0.4) is 0 Å². The summed E-state index contributed by atoms with van der Waals surface area (Å²) in [6.07, 6.45) is 0.125. The molecule has 0 spiro atoms. The van der Waals surface area contributed by atoms with Gasteiger partial charge in [0.2, 0.25) is 0 Å². The lowest BCUT2D eigenvalue weighted by Gasteiger charge is -2.31. The highest BCUT2D eigenvalue weighted by Crippen LogP contribution is 2.18. The lowest BCUT2D eigenvalue weighted by atomic mass is 10.1. The summed E-state index contributed by atoms with van der Waals surface area (Å²) in [4.78, 5) is 14.3. The Morgan fingerprint density at radius 3 is 2.89 bits per heavy atom. The summed E-state index contributed by atoms with van der Waals surface area (Å²) >= 11 is 0. The van der Waals surface area contributed by atoms with Crippen molar-refractivity contribution in [2.45, 2.75) is 20.0 Å². The fourth-order valence-electron chi connectivity index (χ4n) is 2.23. The molecule has 0 bridgehead atoms. The average Bonchev–Trinajstić information content (AvgIpc) is 2.37. The van der Waals surface area contributed by atoms with Crippen LogP contribution in [0.1, 0.15) is 22.8 Å². The molecule has 1 N–H and O–H groups in total. The Bertz CT molecular complexity index is 445. The average molecular weight is 248 g/mol. The van der Waals surface area contributed by atoms with E-state index in [0.717, 1.165) is 16.8 Å². The van der Waals surface area contributed by atoms with Crippen LogP contribution in [0.4, 0.5) is 5.69 Å². The molecular formula is C14H20N2O2. The van der Waals surface area contributed by atoms with E-state index in [9.17, 15) is 4.79 Å². The molecule has 0 aromatic heterocycles. The summed E-state index contributed by atoms with van der Waals surface area (Å²) in [5.41, 5.74) is 2.81. The summed E-state index contributed by atoms with van der Waals surface area (Å²) in [5, 5.41) is 3.08. The third kappa shape index (κ3) is 2.64. The lowest BCUT2D eigenvalue weighted by molar-refractivity contribution is -0.0124. The molecule has 98 valence electrons. The molecule has 0 aliphatic carbocycles. The number of hydrogen-bond acceptors (Lipinski definition) is 3. The topological polar surface area (TPSA) is 41.6 Å². The Kier molecular flexibility index (Phi) is 3.87. The molecule has 1 fully saturated rings. The molecule has 2 rings (SSSR count). The summed E-state index contributed by atoms with van der Waals surface area (Å²) in [6, 6.07) is 5.82. The number of nitrogens with one attached hydrogen (secondary N) is 1. The number of amides is 1. The van der Waals surface area contributed by atoms with E-state index in [1.807, 2.05) is 44.0 Å². The fraction of sp³-hybridized carbons (Fsp3) is 0.500. The van der Waals surface area contributed by atoms with Crippen LogP contribution in [0.2, 0.25) is 0 Å². The van der Waals surface area contributed by atoms with E-state index in [1.54, 1.807) is 0 Å². The Labute approximate surface area is 108 Å². The van der Waals surface area contributed by atoms with E-state index in [1.165, 1.54) is 0 Å². The van der Waals surface area contributed by atoms with Crippen LogP contribution in [0.5, 0.6) is 0 Å². The number of nitrogens with zero attached hydrogens (tertiary/aromatic N) is 1. The van der Waals surface area contributed by atoms with Crippen LogP contribution >= 0.6 is 0 Å². The number of rotatable bonds is 2. The van der Waals surface area contributed by atoms with Crippen molar-refractivity contribution in [3.8, 4) is 0 Å². The first-order valence-electron chi connectivity index (χ1n) is 6.31. The Morgan fingerprint density at radius 2 is 2.28 bits per heavy atom. The number of ether oxygens (including phenoxy) is 1. The third-order valence-electron chi connectivity index (χ3n) is 3.27. The zero-order chi connectivity index (χ0) is 13.1. The van der Waals surface area contributed by atoms with Crippen LogP contribution in [0.15, 0.2) is 18.2 Å². The van der Waals surface area contributed by atoms with Gasteiger partial charge in [-0.3, -0.25) is 4.79 Å². The van der Waals surface area contributed by atoms with Gasteiger partial charge in [-0.1, -0.05) is 0 Å². The zero-order valence-corrected chi connectivity index (χ0v) is 11.2. The van der Waals surface area contributed by atoms with Gasteiger partial charge < -0.3 is 15.0 Å². The fourth-order valence-corrected chi connectivity index (χ4v) is 2.23. The second-order valence-electron chi connectivity index (χ2n) is 4.71. The zero-order valence-electron chi connectivity index (χ0n) is 11.2. The minimum atomic E-state index is 0.102. The van der Waals surface area contributed by atoms with Gasteiger partial charge in [0.05, 0.1) is 12.7 Å². The van der Waals surface area contributed by atoms with Crippen LogP contribution < -0.4 is 5.32 Å². The van der Waals surface area contributed by atoms with Crippen molar-refractivity contribution in [3.63, 3.8) is 0 Å². The molecule has 18 heavy (non-hydrogen) atoms. The maximum Gasteiger partial charge on any atom is 0.254 e. The number of morpholine rings is 1. The molecular weight excluding hydrogens is 228 g/mol. The first kappa shape index (κ1) is 12.9. The second kappa shape index (κ2) is 5.40. The standard InChI is InChI=1S/C14H20N2O2/c1-10-8-12(15-3)4-5-13(10)14(17)16-6-7-18-11(2)9-16/h4-5,8,11,15H,6-7,9H2,1-3H3. The SMILES string of the molecule is CNc1ccc(C(=O)N2CCOC(C)C2)c(C)c1. The minimum Gasteiger partial charge on any atom is -0.388 e. The summed E-state index contributed by atoms with van der Waals surface area (Å²) in [7, 11) is 1.87. The Balaban J connectivity index is 2.17. The van der Waals surface area contributed by atoms with Gasteiger partial charge in [0.1, 0.15) is 0 Å². The maximum atomic E-state index is 12.4. The van der Waals surface area contributed by atoms with Crippen molar-refractivity contribution in [1.82, 2.24) is 4.90 Å². The van der Waals surface area contributed by atoms with Crippen molar-refractivity contribution in [2.24, 2.45) is 0 Å². The molecule has 4 heteroatoms. The van der Waals surface area contributed by atoms with Gasteiger partial charge in [0.15, 0.2) is 0 Å². The highest BCUT2D eigenvalue weighted by molar-refractivity contribution is 5.96. The molecule has 4 nitrogen and oxygen atoms in total. The monoisotopic (exact) mass is 248 g/mol. The van der Waals surface area contributed by atoms with Crippen LogP contribution in [0, 0.1) is 6.92 Å². The summed E-state index contributed by atoms with van der Waals surface area (Å²) in [5.74, 6) is 0.102. The predicted molar refractivity (Wildman–Crippen MR) is 72.0 cm³/mol. The van der Waals surface area contributed by atoms with Crippen LogP contribution in [0.25, 0.3) is 0 Å². The second-order valence-corrected chi connectivity index (χ2v) is 4.71. The van der Waals surface area contributed by atoms with Gasteiger partial charge in [0, 0.05) is 31.4 Å². The van der Waals surface area contributed by atoms with Gasteiger partial charge >= 0.3 is 0 Å². The van der Waals surface area contributed by atoms with E-state index in [2.05, 4.69) is 5.32 Å². The number of carbonyl (C=O) groups excluding carboxylic acids is 1. The van der Waals surface area contributed by atoms with E-state index < -0.39 is 0 Å². The molecule has 0 saturated carbocycles. The maximum absolute atomic E-state index is 12.4. The lowest BCUT2D eigenvalue weighted by Crippen LogP contribution is -2.44. The molecule has 1 aromatic carbocycles. The number of benzene rings is 1. The molecule has 1 aliphatic heterocycles. The quantitative estimate of drug-likeness (QED) is 0.869. The highest BCUT2D eigenvalue weighted by atomic mass is 16.5. The van der Waals surface area contributed by atoms with Crippen LogP contribution in [-0.2, 0) is 4.74 Å². The smallest absolute Gasteiger partial charge is 0.254 e. The van der Waals surface area contributed by atoms with Gasteiger partial charge in [-0.2, -0.15) is 0 Å². The van der Waals surface area contributed by atoms with E-state index in [0.29, 0.717) is 19.7 Å². The number of carbonyl (C=O) groups is 1. The Morgan fingerprint density at radius 1 is 1.50 bits per heavy atom. The van der Waals surface area contributed by atoms with Gasteiger partial charge in [-0.15, -0.1) is 0 Å². The first-order valence-corrected chi connectivity index (χ1v) is 6.31. The van der Waals surface area contributed by atoms with Crippen molar-refractivity contribution in [2.75, 3.05) is 32.1 Å². The van der Waals surface area contributed by atoms with Crippen molar-refractivity contribution < 1.29 is 9.53 Å². The van der Waals surface area contributed by atoms with Gasteiger partial charge in [0.25, 0.3) is 5.91 Å². The van der Waals surface area contributed by atoms with Gasteiger partial charge in [-0.05, 0) is 37.6 Å². The first-order chi connectivity index (χ1) is 8.61. The third-order valence-corrected chi connectivity index (χ3v) is 3.27. The molecule has 1 amide bonds. The molecule has 1 unspecified atom stereocenters. The van der Waals surface area contributed by atoms with Crippen molar-refractivity contribution >= 4 is 11.6 Å². The molecule has 1 aromatic rings. The number of aryl methyl sites for hydroxylation is 1. The van der Waals surface area contributed by atoms with Crippen molar-refractivity contribution in [3.05, 3.63) is 29.3 Å². The van der Waals surface area contributed by atoms with E-state index >= 15 is 0 Å². The van der Waals surface area contributed by atoms with Gasteiger partial charge in [-0.25, -0.2) is 0 Å². The normalized spacial score (nSPS) is 19.7. The minimum absolute atomic E-state index is 0.102.